The van der Waals surface area contributed by atoms with E-state index in [4.69, 9.17) is 4.74 Å². The molecule has 0 fully saturated rings. The minimum Gasteiger partial charge on any atom is -0.466 e. The van der Waals surface area contributed by atoms with Crippen LogP contribution in [0, 0.1) is 15.9 Å². The second-order valence-corrected chi connectivity index (χ2v) is 4.31. The Bertz CT molecular complexity index is 780. The highest BCUT2D eigenvalue weighted by Crippen LogP contribution is 2.18. The summed E-state index contributed by atoms with van der Waals surface area (Å²) in [5, 5.41) is 13.1. The van der Waals surface area contributed by atoms with Crippen LogP contribution in [0.1, 0.15) is 12.5 Å². The van der Waals surface area contributed by atoms with Gasteiger partial charge in [0.05, 0.1) is 24.0 Å². The van der Waals surface area contributed by atoms with E-state index in [2.05, 4.69) is 5.10 Å². The number of hydrogen-bond donors (Lipinski definition) is 1. The molecular formula is C13H12FN3O5. The number of aromatic amines is 1. The van der Waals surface area contributed by atoms with Crippen molar-refractivity contribution in [3.05, 3.63) is 56.2 Å². The van der Waals surface area contributed by atoms with Crippen LogP contribution in [-0.4, -0.2) is 27.3 Å². The number of nitro groups is 1. The Morgan fingerprint density at radius 1 is 1.50 bits per heavy atom. The van der Waals surface area contributed by atoms with E-state index >= 15 is 0 Å². The van der Waals surface area contributed by atoms with Gasteiger partial charge in [0.25, 0.3) is 11.2 Å². The van der Waals surface area contributed by atoms with Gasteiger partial charge in [-0.1, -0.05) is 0 Å². The number of aromatic nitrogens is 2. The number of esters is 1. The fourth-order valence-corrected chi connectivity index (χ4v) is 1.87. The molecule has 9 heteroatoms. The molecule has 22 heavy (non-hydrogen) atoms. The first kappa shape index (κ1) is 15.4. The Labute approximate surface area is 123 Å². The van der Waals surface area contributed by atoms with Gasteiger partial charge in [-0.2, -0.15) is 0 Å². The first-order chi connectivity index (χ1) is 10.4. The Hall–Kier alpha value is -2.97. The molecule has 0 saturated carbocycles. The van der Waals surface area contributed by atoms with Crippen LogP contribution >= 0.6 is 0 Å². The minimum atomic E-state index is -0.930. The van der Waals surface area contributed by atoms with E-state index < -0.39 is 28.0 Å². The molecule has 0 atom stereocenters. The molecule has 0 saturated heterocycles. The molecular weight excluding hydrogens is 297 g/mol. The third-order valence-corrected chi connectivity index (χ3v) is 2.87. The molecule has 1 aromatic carbocycles. The lowest BCUT2D eigenvalue weighted by Crippen LogP contribution is -2.21. The molecule has 2 rings (SSSR count). The summed E-state index contributed by atoms with van der Waals surface area (Å²) in [4.78, 5) is 33.3. The average molecular weight is 309 g/mol. The third kappa shape index (κ3) is 3.03. The quantitative estimate of drug-likeness (QED) is 0.509. The first-order valence-corrected chi connectivity index (χ1v) is 6.33. The van der Waals surface area contributed by atoms with Crippen molar-refractivity contribution in [1.29, 1.82) is 0 Å². The molecule has 0 aliphatic heterocycles. The summed E-state index contributed by atoms with van der Waals surface area (Å²) in [6.45, 7) is 1.83. The van der Waals surface area contributed by atoms with Crippen molar-refractivity contribution in [3.8, 4) is 5.69 Å². The molecule has 1 heterocycles. The molecule has 0 radical (unpaired) electrons. The molecule has 116 valence electrons. The zero-order valence-corrected chi connectivity index (χ0v) is 11.5. The summed E-state index contributed by atoms with van der Waals surface area (Å²) < 4.78 is 19.5. The largest absolute Gasteiger partial charge is 0.466 e. The molecule has 1 N–H and O–H groups in total. The van der Waals surface area contributed by atoms with E-state index in [0.29, 0.717) is 6.07 Å². The number of carbonyl (C=O) groups excluding carboxylic acids is 1. The van der Waals surface area contributed by atoms with Gasteiger partial charge in [0.1, 0.15) is 5.69 Å². The summed E-state index contributed by atoms with van der Waals surface area (Å²) in [6, 6.07) is 2.91. The van der Waals surface area contributed by atoms with Gasteiger partial charge < -0.3 is 4.74 Å². The average Bonchev–Trinajstić information content (AvgIpc) is 2.80. The van der Waals surface area contributed by atoms with Crippen LogP contribution < -0.4 is 5.56 Å². The van der Waals surface area contributed by atoms with Crippen LogP contribution in [0.4, 0.5) is 10.1 Å². The molecule has 0 unspecified atom stereocenters. The zero-order chi connectivity index (χ0) is 16.3. The van der Waals surface area contributed by atoms with E-state index in [1.807, 2.05) is 0 Å². The second kappa shape index (κ2) is 6.20. The summed E-state index contributed by atoms with van der Waals surface area (Å²) in [7, 11) is 0. The second-order valence-electron chi connectivity index (χ2n) is 4.31. The highest BCUT2D eigenvalue weighted by Gasteiger charge is 2.17. The number of halogens is 1. The number of nitrogens with zero attached hydrogens (tertiary/aromatic N) is 2. The van der Waals surface area contributed by atoms with Crippen LogP contribution in [0.2, 0.25) is 0 Å². The topological polar surface area (TPSA) is 107 Å². The maximum atomic E-state index is 13.9. The number of benzene rings is 1. The molecule has 1 aromatic heterocycles. The number of H-pyrrole nitrogens is 1. The van der Waals surface area contributed by atoms with E-state index in [9.17, 15) is 24.1 Å². The number of rotatable bonds is 5. The van der Waals surface area contributed by atoms with Gasteiger partial charge in [-0.25, -0.2) is 9.07 Å². The molecule has 8 nitrogen and oxygen atoms in total. The fraction of sp³-hybridized carbons (Fsp3) is 0.231. The number of nitrogens with one attached hydrogen (secondary N) is 1. The maximum Gasteiger partial charge on any atom is 0.310 e. The number of hydrogen-bond acceptors (Lipinski definition) is 5. The molecule has 0 spiro atoms. The van der Waals surface area contributed by atoms with Crippen molar-refractivity contribution in [3.63, 3.8) is 0 Å². The van der Waals surface area contributed by atoms with Crippen molar-refractivity contribution < 1.29 is 18.8 Å². The predicted molar refractivity (Wildman–Crippen MR) is 73.3 cm³/mol. The molecule has 0 aliphatic rings. The lowest BCUT2D eigenvalue weighted by atomic mass is 10.2. The lowest BCUT2D eigenvalue weighted by molar-refractivity contribution is -0.385. The van der Waals surface area contributed by atoms with Gasteiger partial charge in [-0.15, -0.1) is 0 Å². The number of non-ortho nitro benzene ring substituents is 1. The number of ether oxygens (including phenoxy) is 1. The highest BCUT2D eigenvalue weighted by molar-refractivity contribution is 5.72. The van der Waals surface area contributed by atoms with Crippen molar-refractivity contribution in [2.75, 3.05) is 6.61 Å². The van der Waals surface area contributed by atoms with Crippen molar-refractivity contribution >= 4 is 11.7 Å². The normalized spacial score (nSPS) is 10.5. The van der Waals surface area contributed by atoms with Gasteiger partial charge in [-0.3, -0.25) is 24.8 Å². The Balaban J connectivity index is 2.35. The van der Waals surface area contributed by atoms with Gasteiger partial charge in [0.2, 0.25) is 0 Å². The smallest absolute Gasteiger partial charge is 0.310 e. The van der Waals surface area contributed by atoms with Crippen molar-refractivity contribution in [2.45, 2.75) is 13.3 Å². The van der Waals surface area contributed by atoms with Crippen LogP contribution in [0.25, 0.3) is 5.69 Å². The van der Waals surface area contributed by atoms with E-state index in [0.717, 1.165) is 16.8 Å². The third-order valence-electron chi connectivity index (χ3n) is 2.87. The maximum absolute atomic E-state index is 13.9. The van der Waals surface area contributed by atoms with Crippen molar-refractivity contribution in [1.82, 2.24) is 9.78 Å². The van der Waals surface area contributed by atoms with Crippen molar-refractivity contribution in [2.24, 2.45) is 0 Å². The summed E-state index contributed by atoms with van der Waals surface area (Å²) in [5.74, 6) is -1.50. The van der Waals surface area contributed by atoms with E-state index in [1.54, 1.807) is 6.92 Å². The zero-order valence-electron chi connectivity index (χ0n) is 11.5. The number of nitro benzene ring substituents is 1. The van der Waals surface area contributed by atoms with E-state index in [1.165, 1.54) is 6.20 Å². The van der Waals surface area contributed by atoms with Gasteiger partial charge in [0, 0.05) is 17.8 Å². The van der Waals surface area contributed by atoms with Crippen LogP contribution in [0.3, 0.4) is 0 Å². The monoisotopic (exact) mass is 309 g/mol. The highest BCUT2D eigenvalue weighted by atomic mass is 19.1. The van der Waals surface area contributed by atoms with Gasteiger partial charge in [0.15, 0.2) is 5.82 Å². The number of carbonyl (C=O) groups is 1. The van der Waals surface area contributed by atoms with Gasteiger partial charge >= 0.3 is 5.97 Å². The van der Waals surface area contributed by atoms with Gasteiger partial charge in [-0.05, 0) is 13.0 Å². The first-order valence-electron chi connectivity index (χ1n) is 6.33. The van der Waals surface area contributed by atoms with Crippen LogP contribution in [0.5, 0.6) is 0 Å². The summed E-state index contributed by atoms with van der Waals surface area (Å²) >= 11 is 0. The molecule has 2 aromatic rings. The lowest BCUT2D eigenvalue weighted by Gasteiger charge is -2.03. The minimum absolute atomic E-state index is 0.108. The molecule has 0 aliphatic carbocycles. The predicted octanol–water partition coefficient (Wildman–Crippen LogP) is 1.32. The van der Waals surface area contributed by atoms with E-state index in [-0.39, 0.29) is 24.3 Å². The van der Waals surface area contributed by atoms with Crippen LogP contribution in [-0.2, 0) is 16.0 Å². The Morgan fingerprint density at radius 3 is 2.82 bits per heavy atom. The Kier molecular flexibility index (Phi) is 4.35. The summed E-state index contributed by atoms with van der Waals surface area (Å²) in [6.07, 6.45) is 1.02. The SMILES string of the molecule is CCOC(=O)Cc1c[nH]n(-c2ccc([N+](=O)[O-])cc2F)c1=O. The van der Waals surface area contributed by atoms with Crippen LogP contribution in [0.15, 0.2) is 29.2 Å². The summed E-state index contributed by atoms with van der Waals surface area (Å²) in [5.41, 5.74) is -1.12. The Morgan fingerprint density at radius 2 is 2.23 bits per heavy atom. The molecule has 0 amide bonds. The standard InChI is InChI=1S/C13H12FN3O5/c1-2-22-12(18)5-8-7-15-16(13(8)19)11-4-3-9(17(20)21)6-10(11)14/h3-4,6-7,15H,2,5H2,1H3. The fourth-order valence-electron chi connectivity index (χ4n) is 1.87. The molecule has 0 bridgehead atoms.